The summed E-state index contributed by atoms with van der Waals surface area (Å²) in [7, 11) is 0. The molecule has 3 heteroatoms. The van der Waals surface area contributed by atoms with Gasteiger partial charge in [0, 0.05) is 30.1 Å². The van der Waals surface area contributed by atoms with Gasteiger partial charge in [-0.05, 0) is 31.2 Å². The molecule has 0 aliphatic heterocycles. The van der Waals surface area contributed by atoms with Gasteiger partial charge in [0.2, 0.25) is 0 Å². The Morgan fingerprint density at radius 3 is 3.00 bits per heavy atom. The van der Waals surface area contributed by atoms with E-state index in [2.05, 4.69) is 4.98 Å². The summed E-state index contributed by atoms with van der Waals surface area (Å²) in [4.78, 5) is 4.25. The summed E-state index contributed by atoms with van der Waals surface area (Å²) in [6.45, 7) is 0.889. The Morgan fingerprint density at radius 1 is 1.38 bits per heavy atom. The highest BCUT2D eigenvalue weighted by molar-refractivity contribution is 5.44. The summed E-state index contributed by atoms with van der Waals surface area (Å²) in [6.07, 6.45) is 9.91. The first-order chi connectivity index (χ1) is 7.83. The summed E-state index contributed by atoms with van der Waals surface area (Å²) in [5, 5.41) is 0. The highest BCUT2D eigenvalue weighted by Gasteiger charge is 2.56. The highest BCUT2D eigenvalue weighted by Crippen LogP contribution is 2.64. The molecule has 82 valence electrons. The molecule has 0 radical (unpaired) electrons. The van der Waals surface area contributed by atoms with Crippen LogP contribution in [0.1, 0.15) is 19.3 Å². The Bertz CT molecular complexity index is 529. The Balaban J connectivity index is 1.52. The lowest BCUT2D eigenvalue weighted by atomic mass is 9.45. The van der Waals surface area contributed by atoms with E-state index in [1.165, 1.54) is 19.3 Å². The first-order valence-corrected chi connectivity index (χ1v) is 5.89. The number of ether oxygens (including phenoxy) is 1. The van der Waals surface area contributed by atoms with Gasteiger partial charge in [-0.2, -0.15) is 0 Å². The molecule has 3 fully saturated rings. The lowest BCUT2D eigenvalue weighted by Gasteiger charge is -2.61. The molecule has 0 unspecified atom stereocenters. The molecule has 0 N–H and O–H groups in total. The fourth-order valence-corrected chi connectivity index (χ4v) is 3.05. The maximum Gasteiger partial charge on any atom is 0.140 e. The van der Waals surface area contributed by atoms with Crippen LogP contribution in [-0.2, 0) is 0 Å². The van der Waals surface area contributed by atoms with E-state index in [1.807, 2.05) is 28.9 Å². The van der Waals surface area contributed by atoms with Crippen LogP contribution in [0.4, 0.5) is 0 Å². The smallest absolute Gasteiger partial charge is 0.140 e. The van der Waals surface area contributed by atoms with Gasteiger partial charge in [0.05, 0.1) is 6.61 Å². The van der Waals surface area contributed by atoms with Crippen molar-refractivity contribution in [2.45, 2.75) is 19.3 Å². The number of fused-ring (bicyclic) bond motifs is 1. The SMILES string of the molecule is c1cn2ccc(OCC34CC(C3)C4)cc2n1. The van der Waals surface area contributed by atoms with Gasteiger partial charge in [-0.15, -0.1) is 0 Å². The lowest BCUT2D eigenvalue weighted by molar-refractivity contribution is -0.131. The quantitative estimate of drug-likeness (QED) is 0.784. The van der Waals surface area contributed by atoms with E-state index in [0.29, 0.717) is 5.41 Å². The second kappa shape index (κ2) is 2.78. The maximum absolute atomic E-state index is 5.88. The van der Waals surface area contributed by atoms with Crippen LogP contribution in [0.25, 0.3) is 5.65 Å². The van der Waals surface area contributed by atoms with Crippen LogP contribution in [0.3, 0.4) is 0 Å². The predicted molar refractivity (Wildman–Crippen MR) is 60.5 cm³/mol. The normalized spacial score (nSPS) is 30.9. The molecule has 3 aliphatic rings. The Hall–Kier alpha value is -1.51. The van der Waals surface area contributed by atoms with Crippen molar-refractivity contribution in [1.82, 2.24) is 9.38 Å². The number of hydrogen-bond donors (Lipinski definition) is 0. The second-order valence-corrected chi connectivity index (χ2v) is 5.32. The van der Waals surface area contributed by atoms with Crippen LogP contribution in [0.5, 0.6) is 5.75 Å². The van der Waals surface area contributed by atoms with E-state index in [1.54, 1.807) is 6.20 Å². The molecule has 5 rings (SSSR count). The summed E-state index contributed by atoms with van der Waals surface area (Å²) >= 11 is 0. The van der Waals surface area contributed by atoms with Crippen LogP contribution in [0, 0.1) is 11.3 Å². The number of hydrogen-bond acceptors (Lipinski definition) is 2. The van der Waals surface area contributed by atoms with Crippen LogP contribution in [0.15, 0.2) is 30.7 Å². The lowest BCUT2D eigenvalue weighted by Crippen LogP contribution is -2.55. The van der Waals surface area contributed by atoms with Gasteiger partial charge in [0.15, 0.2) is 0 Å². The zero-order valence-corrected chi connectivity index (χ0v) is 9.10. The van der Waals surface area contributed by atoms with Crippen molar-refractivity contribution in [3.05, 3.63) is 30.7 Å². The van der Waals surface area contributed by atoms with Crippen LogP contribution in [0.2, 0.25) is 0 Å². The van der Waals surface area contributed by atoms with Gasteiger partial charge >= 0.3 is 0 Å². The van der Waals surface area contributed by atoms with E-state index in [9.17, 15) is 0 Å². The van der Waals surface area contributed by atoms with Gasteiger partial charge < -0.3 is 9.14 Å². The minimum Gasteiger partial charge on any atom is -0.493 e. The minimum absolute atomic E-state index is 0.548. The van der Waals surface area contributed by atoms with Crippen molar-refractivity contribution in [2.75, 3.05) is 6.61 Å². The van der Waals surface area contributed by atoms with E-state index in [-0.39, 0.29) is 0 Å². The summed E-state index contributed by atoms with van der Waals surface area (Å²) in [5.41, 5.74) is 1.50. The van der Waals surface area contributed by atoms with E-state index in [0.717, 1.165) is 23.9 Å². The number of imidazole rings is 1. The highest BCUT2D eigenvalue weighted by atomic mass is 16.5. The Morgan fingerprint density at radius 2 is 2.25 bits per heavy atom. The maximum atomic E-state index is 5.88. The summed E-state index contributed by atoms with van der Waals surface area (Å²) in [5.74, 6) is 1.97. The summed E-state index contributed by atoms with van der Waals surface area (Å²) < 4.78 is 7.87. The molecule has 0 spiro atoms. The van der Waals surface area contributed by atoms with Crippen molar-refractivity contribution >= 4 is 5.65 Å². The van der Waals surface area contributed by atoms with E-state index < -0.39 is 0 Å². The number of pyridine rings is 1. The molecule has 0 amide bonds. The molecule has 0 saturated heterocycles. The van der Waals surface area contributed by atoms with Crippen LogP contribution in [-0.4, -0.2) is 16.0 Å². The van der Waals surface area contributed by atoms with Gasteiger partial charge in [-0.1, -0.05) is 0 Å². The molecule has 2 aromatic heterocycles. The molecule has 3 aliphatic carbocycles. The number of aromatic nitrogens is 2. The average Bonchev–Trinajstić information content (AvgIpc) is 2.60. The van der Waals surface area contributed by atoms with E-state index in [4.69, 9.17) is 4.74 Å². The number of nitrogens with zero attached hydrogens (tertiary/aromatic N) is 2. The zero-order valence-electron chi connectivity index (χ0n) is 9.10. The third-order valence-corrected chi connectivity index (χ3v) is 4.08. The molecule has 3 saturated carbocycles. The number of rotatable bonds is 3. The third-order valence-electron chi connectivity index (χ3n) is 4.08. The Kier molecular flexibility index (Phi) is 1.50. The van der Waals surface area contributed by atoms with Crippen LogP contribution >= 0.6 is 0 Å². The van der Waals surface area contributed by atoms with Gasteiger partial charge in [-0.25, -0.2) is 4.98 Å². The zero-order chi connectivity index (χ0) is 10.6. The van der Waals surface area contributed by atoms with Gasteiger partial charge in [0.25, 0.3) is 0 Å². The first kappa shape index (κ1) is 8.62. The molecule has 2 bridgehead atoms. The van der Waals surface area contributed by atoms with Crippen molar-refractivity contribution < 1.29 is 4.74 Å². The van der Waals surface area contributed by atoms with E-state index >= 15 is 0 Å². The molecule has 2 heterocycles. The molecule has 0 aromatic carbocycles. The standard InChI is InChI=1S/C13H14N2O/c1-3-15-4-2-14-12(15)5-11(1)16-9-13-6-10(7-13)8-13/h1-5,10H,6-9H2. The van der Waals surface area contributed by atoms with Crippen molar-refractivity contribution in [3.8, 4) is 5.75 Å². The molecule has 0 atom stereocenters. The predicted octanol–water partition coefficient (Wildman–Crippen LogP) is 2.51. The van der Waals surface area contributed by atoms with Crippen LogP contribution < -0.4 is 4.74 Å². The molecular formula is C13H14N2O. The Labute approximate surface area is 94.1 Å². The van der Waals surface area contributed by atoms with Crippen molar-refractivity contribution in [3.63, 3.8) is 0 Å². The molecular weight excluding hydrogens is 200 g/mol. The summed E-state index contributed by atoms with van der Waals surface area (Å²) in [6, 6.07) is 4.02. The molecule has 3 nitrogen and oxygen atoms in total. The first-order valence-electron chi connectivity index (χ1n) is 5.89. The molecule has 16 heavy (non-hydrogen) atoms. The second-order valence-electron chi connectivity index (χ2n) is 5.32. The molecule has 2 aromatic rings. The largest absolute Gasteiger partial charge is 0.493 e. The third kappa shape index (κ3) is 1.11. The monoisotopic (exact) mass is 214 g/mol. The van der Waals surface area contributed by atoms with Gasteiger partial charge in [-0.3, -0.25) is 0 Å². The van der Waals surface area contributed by atoms with Gasteiger partial charge in [0.1, 0.15) is 11.4 Å². The average molecular weight is 214 g/mol. The van der Waals surface area contributed by atoms with Crippen molar-refractivity contribution in [1.29, 1.82) is 0 Å². The fraction of sp³-hybridized carbons (Fsp3) is 0.462. The minimum atomic E-state index is 0.548. The topological polar surface area (TPSA) is 26.5 Å². The fourth-order valence-electron chi connectivity index (χ4n) is 3.05. The van der Waals surface area contributed by atoms with Crippen molar-refractivity contribution in [2.24, 2.45) is 11.3 Å².